The van der Waals surface area contributed by atoms with Gasteiger partial charge >= 0.3 is 5.97 Å². The zero-order valence-electron chi connectivity index (χ0n) is 14.7. The Kier molecular flexibility index (Phi) is 13.2. The fraction of sp³-hybridized carbons (Fsp3) is 0.824. The lowest BCUT2D eigenvalue weighted by Crippen LogP contribution is -2.27. The first-order chi connectivity index (χ1) is 10.5. The van der Waals surface area contributed by atoms with E-state index in [1.54, 1.807) is 7.05 Å². The zero-order chi connectivity index (χ0) is 16.8. The highest BCUT2D eigenvalue weighted by Gasteiger charge is 2.07. The number of hydrogen-bond acceptors (Lipinski definition) is 5. The summed E-state index contributed by atoms with van der Waals surface area (Å²) in [6.45, 7) is 10.6. The van der Waals surface area contributed by atoms with Gasteiger partial charge < -0.3 is 14.3 Å². The second-order valence-electron chi connectivity index (χ2n) is 5.61. The number of carbonyl (C=O) groups excluding carboxylic acids is 1. The van der Waals surface area contributed by atoms with Crippen LogP contribution < -0.4 is 0 Å². The summed E-state index contributed by atoms with van der Waals surface area (Å²) in [5, 5.41) is 1.37. The fourth-order valence-corrected chi connectivity index (χ4v) is 2.12. The first-order valence-corrected chi connectivity index (χ1v) is 8.28. The minimum Gasteiger partial charge on any atom is -0.379 e. The molecule has 0 N–H and O–H groups in total. The summed E-state index contributed by atoms with van der Waals surface area (Å²) in [7, 11) is 1.66. The summed E-state index contributed by atoms with van der Waals surface area (Å²) in [4.78, 5) is 15.9. The second-order valence-corrected chi connectivity index (χ2v) is 5.61. The molecule has 0 aliphatic rings. The van der Waals surface area contributed by atoms with E-state index < -0.39 is 5.97 Å². The predicted molar refractivity (Wildman–Crippen MR) is 88.3 cm³/mol. The molecule has 0 aliphatic heterocycles. The van der Waals surface area contributed by atoms with Gasteiger partial charge in [0.1, 0.15) is 6.73 Å². The van der Waals surface area contributed by atoms with Crippen LogP contribution in [0.1, 0.15) is 59.3 Å². The predicted octanol–water partition coefficient (Wildman–Crippen LogP) is 3.69. The summed E-state index contributed by atoms with van der Waals surface area (Å²) in [5.41, 5.74) is 0. The fourth-order valence-electron chi connectivity index (χ4n) is 2.12. The van der Waals surface area contributed by atoms with Crippen molar-refractivity contribution in [2.45, 2.75) is 71.5 Å². The van der Waals surface area contributed by atoms with Crippen LogP contribution in [0.3, 0.4) is 0 Å². The van der Waals surface area contributed by atoms with Crippen LogP contribution in [0, 0.1) is 0 Å². The van der Waals surface area contributed by atoms with Crippen LogP contribution in [-0.4, -0.2) is 43.6 Å². The quantitative estimate of drug-likeness (QED) is 0.212. The Bertz CT molecular complexity index is 296. The minimum atomic E-state index is -0.472. The Labute approximate surface area is 135 Å². The van der Waals surface area contributed by atoms with Gasteiger partial charge in [0.05, 0.1) is 12.2 Å². The number of carbonyl (C=O) groups is 1. The van der Waals surface area contributed by atoms with Gasteiger partial charge in [0.15, 0.2) is 0 Å². The molecule has 0 rings (SSSR count). The number of hydroxylamine groups is 2. The monoisotopic (exact) mass is 315 g/mol. The van der Waals surface area contributed by atoms with Gasteiger partial charge in [0, 0.05) is 19.7 Å². The van der Waals surface area contributed by atoms with Crippen LogP contribution in [0.5, 0.6) is 0 Å². The normalized spacial score (nSPS) is 13.9. The van der Waals surface area contributed by atoms with Gasteiger partial charge in [-0.3, -0.25) is 0 Å². The molecular weight excluding hydrogens is 282 g/mol. The topological polar surface area (TPSA) is 48.0 Å². The van der Waals surface area contributed by atoms with Crippen LogP contribution in [0.15, 0.2) is 12.7 Å². The smallest absolute Gasteiger partial charge is 0.349 e. The molecule has 5 heteroatoms. The van der Waals surface area contributed by atoms with E-state index in [1.165, 1.54) is 24.3 Å². The van der Waals surface area contributed by atoms with Crippen molar-refractivity contribution in [1.82, 2.24) is 5.06 Å². The molecule has 0 aromatic heterocycles. The third-order valence-electron chi connectivity index (χ3n) is 3.38. The van der Waals surface area contributed by atoms with Crippen molar-refractivity contribution in [2.24, 2.45) is 0 Å². The maximum absolute atomic E-state index is 11.0. The van der Waals surface area contributed by atoms with Crippen molar-refractivity contribution < 1.29 is 19.1 Å². The Hall–Kier alpha value is -0.910. The highest BCUT2D eigenvalue weighted by Crippen LogP contribution is 2.11. The van der Waals surface area contributed by atoms with Crippen LogP contribution in [0.4, 0.5) is 0 Å². The molecular formula is C17H33NO4. The molecule has 0 amide bonds. The summed E-state index contributed by atoms with van der Waals surface area (Å²) >= 11 is 0. The van der Waals surface area contributed by atoms with E-state index in [-0.39, 0.29) is 12.8 Å². The highest BCUT2D eigenvalue weighted by atomic mass is 16.7. The van der Waals surface area contributed by atoms with Crippen molar-refractivity contribution in [3.63, 3.8) is 0 Å². The minimum absolute atomic E-state index is 0.159. The molecule has 0 radical (unpaired) electrons. The maximum Gasteiger partial charge on any atom is 0.349 e. The number of unbranched alkanes of at least 4 members (excludes halogenated alkanes) is 3. The van der Waals surface area contributed by atoms with Crippen LogP contribution >= 0.6 is 0 Å². The molecule has 5 nitrogen and oxygen atoms in total. The van der Waals surface area contributed by atoms with Gasteiger partial charge in [-0.25, -0.2) is 4.79 Å². The number of ether oxygens (including phenoxy) is 2. The number of rotatable bonds is 14. The number of nitrogens with zero attached hydrogens (tertiary/aromatic N) is 1. The molecule has 2 unspecified atom stereocenters. The Morgan fingerprint density at radius 2 is 1.64 bits per heavy atom. The molecule has 0 saturated carbocycles. The lowest BCUT2D eigenvalue weighted by atomic mass is 10.1. The first-order valence-electron chi connectivity index (χ1n) is 8.28. The largest absolute Gasteiger partial charge is 0.379 e. The van der Waals surface area contributed by atoms with Crippen molar-refractivity contribution in [1.29, 1.82) is 0 Å². The Balaban J connectivity index is 3.48. The van der Waals surface area contributed by atoms with Gasteiger partial charge in [-0.05, 0) is 33.6 Å². The molecule has 0 bridgehead atoms. The zero-order valence-corrected chi connectivity index (χ0v) is 14.7. The first kappa shape index (κ1) is 21.1. The Morgan fingerprint density at radius 1 is 1.09 bits per heavy atom. The third-order valence-corrected chi connectivity index (χ3v) is 3.38. The molecule has 0 aliphatic carbocycles. The molecule has 0 spiro atoms. The van der Waals surface area contributed by atoms with Gasteiger partial charge in [-0.15, -0.1) is 5.06 Å². The average Bonchev–Trinajstić information content (AvgIpc) is 2.48. The van der Waals surface area contributed by atoms with Gasteiger partial charge in [0.2, 0.25) is 0 Å². The maximum atomic E-state index is 11.0. The molecule has 0 fully saturated rings. The van der Waals surface area contributed by atoms with Gasteiger partial charge in [-0.1, -0.05) is 32.3 Å². The SMILES string of the molecule is C=CC(=O)ON(C)COC(C)CCCCCCC(C)OCC. The van der Waals surface area contributed by atoms with Gasteiger partial charge in [-0.2, -0.15) is 0 Å². The molecule has 0 aromatic carbocycles. The van der Waals surface area contributed by atoms with Gasteiger partial charge in [0.25, 0.3) is 0 Å². The molecule has 2 atom stereocenters. The second kappa shape index (κ2) is 13.7. The van der Waals surface area contributed by atoms with E-state index in [0.29, 0.717) is 6.10 Å². The van der Waals surface area contributed by atoms with E-state index in [1.807, 2.05) is 13.8 Å². The molecule has 0 aromatic rings. The summed E-state index contributed by atoms with van der Waals surface area (Å²) in [5.74, 6) is -0.472. The lowest BCUT2D eigenvalue weighted by Gasteiger charge is -2.19. The summed E-state index contributed by atoms with van der Waals surface area (Å²) in [6, 6.07) is 0. The lowest BCUT2D eigenvalue weighted by molar-refractivity contribution is -0.203. The molecule has 0 heterocycles. The average molecular weight is 315 g/mol. The van der Waals surface area contributed by atoms with E-state index in [0.717, 1.165) is 31.9 Å². The van der Waals surface area contributed by atoms with E-state index in [2.05, 4.69) is 13.5 Å². The highest BCUT2D eigenvalue weighted by molar-refractivity contribution is 5.80. The molecule has 130 valence electrons. The van der Waals surface area contributed by atoms with Crippen LogP contribution in [-0.2, 0) is 19.1 Å². The molecule has 22 heavy (non-hydrogen) atoms. The summed E-state index contributed by atoms with van der Waals surface area (Å²) in [6.07, 6.45) is 8.65. The van der Waals surface area contributed by atoms with Crippen molar-refractivity contribution in [3.05, 3.63) is 12.7 Å². The third kappa shape index (κ3) is 12.8. The standard InChI is InChI=1S/C17H33NO4/c1-6-17(19)22-18(5)14-21-16(4)13-11-9-8-10-12-15(3)20-7-2/h6,15-16H,1,7-14H2,2-5H3. The number of hydrogen-bond donors (Lipinski definition) is 0. The molecule has 0 saturated heterocycles. The van der Waals surface area contributed by atoms with E-state index in [9.17, 15) is 4.79 Å². The van der Waals surface area contributed by atoms with E-state index >= 15 is 0 Å². The van der Waals surface area contributed by atoms with Crippen molar-refractivity contribution in [3.8, 4) is 0 Å². The Morgan fingerprint density at radius 3 is 2.14 bits per heavy atom. The van der Waals surface area contributed by atoms with Crippen LogP contribution in [0.2, 0.25) is 0 Å². The van der Waals surface area contributed by atoms with E-state index in [4.69, 9.17) is 14.3 Å². The van der Waals surface area contributed by atoms with Crippen molar-refractivity contribution in [2.75, 3.05) is 20.4 Å². The van der Waals surface area contributed by atoms with Crippen molar-refractivity contribution >= 4 is 5.97 Å². The summed E-state index contributed by atoms with van der Waals surface area (Å²) < 4.78 is 11.1. The van der Waals surface area contributed by atoms with Crippen LogP contribution in [0.25, 0.3) is 0 Å².